The van der Waals surface area contributed by atoms with Gasteiger partial charge in [-0.2, -0.15) is 0 Å². The number of ether oxygens (including phenoxy) is 2. The summed E-state index contributed by atoms with van der Waals surface area (Å²) in [5.74, 6) is 0.0139. The topological polar surface area (TPSA) is 88.7 Å². The molecule has 0 fully saturated rings. The molecular weight excluding hydrogens is 378 g/mol. The van der Waals surface area contributed by atoms with Crippen LogP contribution in [0.5, 0.6) is 5.75 Å². The molecule has 0 unspecified atom stereocenters. The summed E-state index contributed by atoms with van der Waals surface area (Å²) in [4.78, 5) is 24.2. The second kappa shape index (κ2) is 11.0. The lowest BCUT2D eigenvalue weighted by Crippen LogP contribution is -2.50. The van der Waals surface area contributed by atoms with Gasteiger partial charge < -0.3 is 14.8 Å². The van der Waals surface area contributed by atoms with Crippen LogP contribution < -0.4 is 20.9 Å². The quantitative estimate of drug-likeness (QED) is 0.353. The molecule has 0 radical (unpaired) electrons. The largest absolute Gasteiger partial charge is 0.484 e. The second-order valence-electron chi connectivity index (χ2n) is 6.01. The average Bonchev–Trinajstić information content (AvgIpc) is 2.71. The maximum Gasteiger partial charge on any atom is 0.276 e. The van der Waals surface area contributed by atoms with Crippen molar-refractivity contribution in [3.8, 4) is 5.75 Å². The molecule has 148 valence electrons. The number of amides is 1. The van der Waals surface area contributed by atoms with Gasteiger partial charge in [-0.1, -0.05) is 30.3 Å². The van der Waals surface area contributed by atoms with E-state index in [2.05, 4.69) is 16.2 Å². The molecule has 7 nitrogen and oxygen atoms in total. The number of carbonyl (C=O) groups is 2. The molecule has 3 N–H and O–H groups in total. The molecule has 0 saturated heterocycles. The predicted octanol–water partition coefficient (Wildman–Crippen LogP) is 1.83. The number of methoxy groups -OCH3 is 1. The molecule has 1 atom stereocenters. The van der Waals surface area contributed by atoms with E-state index in [1.165, 1.54) is 0 Å². The van der Waals surface area contributed by atoms with Crippen LogP contribution in [0, 0.1) is 0 Å². The summed E-state index contributed by atoms with van der Waals surface area (Å²) in [7, 11) is 1.60. The monoisotopic (exact) mass is 401 g/mol. The van der Waals surface area contributed by atoms with E-state index in [-0.39, 0.29) is 23.5 Å². The SMILES string of the molecule is COC[C@H](C)NC(=S)NNC(=O)COc1ccc(C(=O)c2ccccc2)cc1. The van der Waals surface area contributed by atoms with Gasteiger partial charge in [-0.25, -0.2) is 0 Å². The third-order valence-electron chi connectivity index (χ3n) is 3.63. The molecule has 2 aromatic carbocycles. The van der Waals surface area contributed by atoms with Gasteiger partial charge >= 0.3 is 0 Å². The molecule has 0 saturated carbocycles. The number of hydrogen-bond donors (Lipinski definition) is 3. The van der Waals surface area contributed by atoms with Crippen LogP contribution in [-0.2, 0) is 9.53 Å². The number of hydrogen-bond acceptors (Lipinski definition) is 5. The van der Waals surface area contributed by atoms with Crippen molar-refractivity contribution in [1.29, 1.82) is 0 Å². The minimum absolute atomic E-state index is 0.00950. The van der Waals surface area contributed by atoms with Crippen LogP contribution in [0.1, 0.15) is 22.8 Å². The number of thiocarbonyl (C=S) groups is 1. The van der Waals surface area contributed by atoms with Gasteiger partial charge in [-0.3, -0.25) is 20.4 Å². The fraction of sp³-hybridized carbons (Fsp3) is 0.250. The molecule has 2 aromatic rings. The lowest BCUT2D eigenvalue weighted by Gasteiger charge is -2.16. The van der Waals surface area contributed by atoms with Gasteiger partial charge in [0.2, 0.25) is 0 Å². The lowest BCUT2D eigenvalue weighted by molar-refractivity contribution is -0.123. The molecule has 0 aliphatic heterocycles. The normalized spacial score (nSPS) is 11.2. The Hall–Kier alpha value is -2.97. The Morgan fingerprint density at radius 1 is 1.00 bits per heavy atom. The van der Waals surface area contributed by atoms with Crippen molar-refractivity contribution in [2.75, 3.05) is 20.3 Å². The van der Waals surface area contributed by atoms with Crippen molar-refractivity contribution < 1.29 is 19.1 Å². The Kier molecular flexibility index (Phi) is 8.38. The third kappa shape index (κ3) is 6.98. The standard InChI is InChI=1S/C20H23N3O4S/c1-14(12-26-2)21-20(28)23-22-18(24)13-27-17-10-8-16(9-11-17)19(25)15-6-4-3-5-7-15/h3-11,14H,12-13H2,1-2H3,(H,22,24)(H2,21,23,28)/t14-/m0/s1. The zero-order chi connectivity index (χ0) is 20.4. The number of carbonyl (C=O) groups excluding carboxylic acids is 2. The number of hydrazine groups is 1. The molecule has 1 amide bonds. The first kappa shape index (κ1) is 21.3. The van der Waals surface area contributed by atoms with Crippen LogP contribution in [-0.4, -0.2) is 43.2 Å². The van der Waals surface area contributed by atoms with Crippen molar-refractivity contribution in [3.63, 3.8) is 0 Å². The average molecular weight is 401 g/mol. The summed E-state index contributed by atoms with van der Waals surface area (Å²) in [6.45, 7) is 2.19. The van der Waals surface area contributed by atoms with E-state index in [9.17, 15) is 9.59 Å². The Bertz CT molecular complexity index is 797. The smallest absolute Gasteiger partial charge is 0.276 e. The van der Waals surface area contributed by atoms with Crippen LogP contribution in [0.3, 0.4) is 0 Å². The fourth-order valence-corrected chi connectivity index (χ4v) is 2.57. The van der Waals surface area contributed by atoms with Gasteiger partial charge in [-0.05, 0) is 43.4 Å². The van der Waals surface area contributed by atoms with E-state index in [0.717, 1.165) is 0 Å². The van der Waals surface area contributed by atoms with Crippen LogP contribution in [0.2, 0.25) is 0 Å². The van der Waals surface area contributed by atoms with Crippen LogP contribution in [0.4, 0.5) is 0 Å². The van der Waals surface area contributed by atoms with Crippen LogP contribution in [0.15, 0.2) is 54.6 Å². The van der Waals surface area contributed by atoms with Crippen molar-refractivity contribution in [2.24, 2.45) is 0 Å². The molecule has 2 rings (SSSR count). The Labute approximate surface area is 169 Å². The number of ketones is 1. The number of benzene rings is 2. The van der Waals surface area contributed by atoms with Gasteiger partial charge in [0.1, 0.15) is 5.75 Å². The van der Waals surface area contributed by atoms with Crippen LogP contribution in [0.25, 0.3) is 0 Å². The van der Waals surface area contributed by atoms with E-state index in [4.69, 9.17) is 21.7 Å². The predicted molar refractivity (Wildman–Crippen MR) is 110 cm³/mol. The number of nitrogens with one attached hydrogen (secondary N) is 3. The van der Waals surface area contributed by atoms with Gasteiger partial charge in [0.25, 0.3) is 5.91 Å². The Morgan fingerprint density at radius 3 is 2.29 bits per heavy atom. The maximum absolute atomic E-state index is 12.4. The van der Waals surface area contributed by atoms with E-state index in [0.29, 0.717) is 23.5 Å². The van der Waals surface area contributed by atoms with Gasteiger partial charge in [0.05, 0.1) is 6.61 Å². The molecule has 0 aliphatic carbocycles. The third-order valence-corrected chi connectivity index (χ3v) is 3.85. The zero-order valence-electron chi connectivity index (χ0n) is 15.7. The highest BCUT2D eigenvalue weighted by atomic mass is 32.1. The highest BCUT2D eigenvalue weighted by molar-refractivity contribution is 7.80. The molecule has 0 spiro atoms. The lowest BCUT2D eigenvalue weighted by atomic mass is 10.0. The molecule has 28 heavy (non-hydrogen) atoms. The summed E-state index contributed by atoms with van der Waals surface area (Å²) >= 11 is 5.05. The van der Waals surface area contributed by atoms with Gasteiger partial charge in [0, 0.05) is 24.3 Å². The molecule has 0 aliphatic rings. The molecular formula is C20H23N3O4S. The summed E-state index contributed by atoms with van der Waals surface area (Å²) in [5, 5.41) is 3.23. The molecule has 0 aromatic heterocycles. The number of rotatable bonds is 8. The fourth-order valence-electron chi connectivity index (χ4n) is 2.32. The molecule has 0 bridgehead atoms. The maximum atomic E-state index is 12.4. The van der Waals surface area contributed by atoms with E-state index >= 15 is 0 Å². The Balaban J connectivity index is 1.76. The highest BCUT2D eigenvalue weighted by Crippen LogP contribution is 2.15. The summed E-state index contributed by atoms with van der Waals surface area (Å²) in [6.07, 6.45) is 0. The van der Waals surface area contributed by atoms with E-state index in [1.807, 2.05) is 25.1 Å². The first-order valence-corrected chi connectivity index (χ1v) is 9.07. The minimum Gasteiger partial charge on any atom is -0.484 e. The first-order valence-electron chi connectivity index (χ1n) is 8.66. The summed E-state index contributed by atoms with van der Waals surface area (Å²) < 4.78 is 10.4. The minimum atomic E-state index is -0.395. The Morgan fingerprint density at radius 2 is 1.64 bits per heavy atom. The highest BCUT2D eigenvalue weighted by Gasteiger charge is 2.09. The van der Waals surface area contributed by atoms with Crippen molar-refractivity contribution in [3.05, 3.63) is 65.7 Å². The van der Waals surface area contributed by atoms with Gasteiger partial charge in [-0.15, -0.1) is 0 Å². The summed E-state index contributed by atoms with van der Waals surface area (Å²) in [5.41, 5.74) is 6.19. The van der Waals surface area contributed by atoms with Crippen molar-refractivity contribution >= 4 is 29.0 Å². The van der Waals surface area contributed by atoms with E-state index < -0.39 is 5.91 Å². The summed E-state index contributed by atoms with van der Waals surface area (Å²) in [6, 6.07) is 15.7. The zero-order valence-corrected chi connectivity index (χ0v) is 16.5. The van der Waals surface area contributed by atoms with Crippen molar-refractivity contribution in [2.45, 2.75) is 13.0 Å². The first-order chi connectivity index (χ1) is 13.5. The van der Waals surface area contributed by atoms with Crippen molar-refractivity contribution in [1.82, 2.24) is 16.2 Å². The van der Waals surface area contributed by atoms with Gasteiger partial charge in [0.15, 0.2) is 17.5 Å². The van der Waals surface area contributed by atoms with E-state index in [1.54, 1.807) is 43.5 Å². The molecule has 8 heteroatoms. The second-order valence-corrected chi connectivity index (χ2v) is 6.42. The molecule has 0 heterocycles. The van der Waals surface area contributed by atoms with Crippen LogP contribution >= 0.6 is 12.2 Å².